The van der Waals surface area contributed by atoms with Gasteiger partial charge < -0.3 is 4.90 Å². The number of carbonyl (C=O) groups is 1. The molecule has 1 amide bonds. The van der Waals surface area contributed by atoms with Gasteiger partial charge in [-0.25, -0.2) is 4.39 Å². The van der Waals surface area contributed by atoms with Gasteiger partial charge in [-0.3, -0.25) is 4.79 Å². The Morgan fingerprint density at radius 2 is 2.05 bits per heavy atom. The van der Waals surface area contributed by atoms with Gasteiger partial charge in [0, 0.05) is 17.6 Å². The standard InChI is InChI=1S/C14H14BrF4NO/c1-8-5-11(15)10(6-12(8)16)13(21)20-4-2-3-9(7-20)14(17,18)19/h5-6,9H,2-4,7H2,1H3. The summed E-state index contributed by atoms with van der Waals surface area (Å²) in [6, 6.07) is 2.52. The molecule has 21 heavy (non-hydrogen) atoms. The van der Waals surface area contributed by atoms with Crippen LogP contribution in [0.5, 0.6) is 0 Å². The first-order chi connectivity index (χ1) is 9.70. The highest BCUT2D eigenvalue weighted by molar-refractivity contribution is 9.10. The summed E-state index contributed by atoms with van der Waals surface area (Å²) in [5, 5.41) is 0. The minimum atomic E-state index is -4.31. The van der Waals surface area contributed by atoms with Crippen LogP contribution < -0.4 is 0 Å². The van der Waals surface area contributed by atoms with Crippen molar-refractivity contribution in [1.29, 1.82) is 0 Å². The van der Waals surface area contributed by atoms with Crippen LogP contribution in [0.3, 0.4) is 0 Å². The molecule has 7 heteroatoms. The Morgan fingerprint density at radius 3 is 2.67 bits per heavy atom. The fraction of sp³-hybridized carbons (Fsp3) is 0.500. The molecule has 1 saturated heterocycles. The minimum Gasteiger partial charge on any atom is -0.338 e. The number of piperidine rings is 1. The number of likely N-dealkylation sites (tertiary alicyclic amines) is 1. The van der Waals surface area contributed by atoms with Crippen LogP contribution in [-0.2, 0) is 0 Å². The van der Waals surface area contributed by atoms with Crippen LogP contribution >= 0.6 is 15.9 Å². The maximum atomic E-state index is 13.6. The molecule has 1 atom stereocenters. The van der Waals surface area contributed by atoms with Crippen LogP contribution in [0.2, 0.25) is 0 Å². The molecule has 1 aromatic rings. The van der Waals surface area contributed by atoms with E-state index in [1.54, 1.807) is 6.92 Å². The predicted molar refractivity (Wildman–Crippen MR) is 73.5 cm³/mol. The van der Waals surface area contributed by atoms with Crippen LogP contribution in [0.25, 0.3) is 0 Å². The van der Waals surface area contributed by atoms with E-state index in [0.29, 0.717) is 16.5 Å². The predicted octanol–water partition coefficient (Wildman–Crippen LogP) is 4.31. The lowest BCUT2D eigenvalue weighted by Gasteiger charge is -2.34. The summed E-state index contributed by atoms with van der Waals surface area (Å²) < 4.78 is 52.3. The highest BCUT2D eigenvalue weighted by Crippen LogP contribution is 2.34. The Hall–Kier alpha value is -1.11. The fourth-order valence-corrected chi connectivity index (χ4v) is 3.04. The minimum absolute atomic E-state index is 0.0245. The molecule has 0 aliphatic carbocycles. The van der Waals surface area contributed by atoms with Crippen LogP contribution in [0, 0.1) is 18.7 Å². The zero-order chi connectivity index (χ0) is 15.8. The molecule has 1 aromatic carbocycles. The number of rotatable bonds is 1. The summed E-state index contributed by atoms with van der Waals surface area (Å²) in [4.78, 5) is 13.5. The van der Waals surface area contributed by atoms with Gasteiger partial charge >= 0.3 is 6.18 Å². The maximum Gasteiger partial charge on any atom is 0.393 e. The molecule has 1 heterocycles. The highest BCUT2D eigenvalue weighted by atomic mass is 79.9. The second-order valence-electron chi connectivity index (χ2n) is 5.21. The normalized spacial score (nSPS) is 19.7. The van der Waals surface area contributed by atoms with E-state index in [2.05, 4.69) is 15.9 Å². The van der Waals surface area contributed by atoms with Crippen LogP contribution in [0.1, 0.15) is 28.8 Å². The Kier molecular flexibility index (Phi) is 4.60. The maximum absolute atomic E-state index is 13.6. The van der Waals surface area contributed by atoms with E-state index in [-0.39, 0.29) is 25.1 Å². The fourth-order valence-electron chi connectivity index (χ4n) is 2.41. The van der Waals surface area contributed by atoms with E-state index in [1.807, 2.05) is 0 Å². The lowest BCUT2D eigenvalue weighted by molar-refractivity contribution is -0.184. The summed E-state index contributed by atoms with van der Waals surface area (Å²) in [6.45, 7) is 1.44. The van der Waals surface area contributed by atoms with Gasteiger partial charge in [-0.1, -0.05) is 0 Å². The van der Waals surface area contributed by atoms with Gasteiger partial charge in [0.2, 0.25) is 0 Å². The molecule has 0 radical (unpaired) electrons. The Morgan fingerprint density at radius 1 is 1.38 bits per heavy atom. The van der Waals surface area contributed by atoms with E-state index in [1.165, 1.54) is 6.07 Å². The zero-order valence-electron chi connectivity index (χ0n) is 11.3. The molecule has 0 bridgehead atoms. The van der Waals surface area contributed by atoms with E-state index in [0.717, 1.165) is 11.0 Å². The molecule has 0 N–H and O–H groups in total. The average molecular weight is 368 g/mol. The number of aryl methyl sites for hydroxylation is 1. The van der Waals surface area contributed by atoms with Crippen LogP contribution in [0.15, 0.2) is 16.6 Å². The summed E-state index contributed by atoms with van der Waals surface area (Å²) in [6.07, 6.45) is -3.99. The number of benzene rings is 1. The molecular formula is C14H14BrF4NO. The lowest BCUT2D eigenvalue weighted by atomic mass is 9.97. The summed E-state index contributed by atoms with van der Waals surface area (Å²) >= 11 is 3.17. The molecule has 1 unspecified atom stereocenters. The van der Waals surface area contributed by atoms with E-state index in [4.69, 9.17) is 0 Å². The summed E-state index contributed by atoms with van der Waals surface area (Å²) in [5.41, 5.74) is 0.422. The molecule has 116 valence electrons. The second kappa shape index (κ2) is 5.94. The third-order valence-corrected chi connectivity index (χ3v) is 4.31. The van der Waals surface area contributed by atoms with E-state index in [9.17, 15) is 22.4 Å². The van der Waals surface area contributed by atoms with Crippen molar-refractivity contribution in [3.8, 4) is 0 Å². The lowest BCUT2D eigenvalue weighted by Crippen LogP contribution is -2.44. The third kappa shape index (κ3) is 3.56. The molecule has 2 nitrogen and oxygen atoms in total. The molecular weight excluding hydrogens is 354 g/mol. The van der Waals surface area contributed by atoms with Gasteiger partial charge in [0.25, 0.3) is 5.91 Å². The number of hydrogen-bond donors (Lipinski definition) is 0. The van der Waals surface area contributed by atoms with Crippen molar-refractivity contribution in [3.63, 3.8) is 0 Å². The number of hydrogen-bond acceptors (Lipinski definition) is 1. The highest BCUT2D eigenvalue weighted by Gasteiger charge is 2.42. The Bertz CT molecular complexity index is 559. The Labute approximate surface area is 128 Å². The van der Waals surface area contributed by atoms with Crippen molar-refractivity contribution in [2.45, 2.75) is 25.9 Å². The Balaban J connectivity index is 2.22. The molecule has 0 spiro atoms. The van der Waals surface area contributed by atoms with Gasteiger partial charge in [0.15, 0.2) is 0 Å². The number of carbonyl (C=O) groups excluding carboxylic acids is 1. The van der Waals surface area contributed by atoms with Crippen molar-refractivity contribution >= 4 is 21.8 Å². The van der Waals surface area contributed by atoms with E-state index >= 15 is 0 Å². The van der Waals surface area contributed by atoms with Crippen molar-refractivity contribution in [3.05, 3.63) is 33.5 Å². The number of amides is 1. The first kappa shape index (κ1) is 16.3. The van der Waals surface area contributed by atoms with Gasteiger partial charge in [-0.2, -0.15) is 13.2 Å². The van der Waals surface area contributed by atoms with E-state index < -0.39 is 23.8 Å². The monoisotopic (exact) mass is 367 g/mol. The third-order valence-electron chi connectivity index (χ3n) is 3.65. The van der Waals surface area contributed by atoms with Gasteiger partial charge in [-0.05, 0) is 53.4 Å². The molecule has 0 aromatic heterocycles. The molecule has 0 saturated carbocycles. The van der Waals surface area contributed by atoms with Crippen molar-refractivity contribution in [1.82, 2.24) is 4.90 Å². The molecule has 1 aliphatic rings. The van der Waals surface area contributed by atoms with Crippen molar-refractivity contribution in [2.75, 3.05) is 13.1 Å². The topological polar surface area (TPSA) is 20.3 Å². The van der Waals surface area contributed by atoms with Crippen LogP contribution in [-0.4, -0.2) is 30.1 Å². The van der Waals surface area contributed by atoms with Gasteiger partial charge in [0.1, 0.15) is 5.82 Å². The number of alkyl halides is 3. The SMILES string of the molecule is Cc1cc(Br)c(C(=O)N2CCCC(C(F)(F)F)C2)cc1F. The van der Waals surface area contributed by atoms with Gasteiger partial charge in [-0.15, -0.1) is 0 Å². The molecule has 1 aliphatic heterocycles. The quantitative estimate of drug-likeness (QED) is 0.677. The van der Waals surface area contributed by atoms with Crippen LogP contribution in [0.4, 0.5) is 17.6 Å². The summed E-state index contributed by atoms with van der Waals surface area (Å²) in [7, 11) is 0. The second-order valence-corrected chi connectivity index (χ2v) is 6.07. The number of nitrogens with zero attached hydrogens (tertiary/aromatic N) is 1. The zero-order valence-corrected chi connectivity index (χ0v) is 12.9. The molecule has 2 rings (SSSR count). The number of halogens is 5. The largest absolute Gasteiger partial charge is 0.393 e. The van der Waals surface area contributed by atoms with Crippen molar-refractivity contribution in [2.24, 2.45) is 5.92 Å². The average Bonchev–Trinajstić information content (AvgIpc) is 2.41. The van der Waals surface area contributed by atoms with Crippen molar-refractivity contribution < 1.29 is 22.4 Å². The summed E-state index contributed by atoms with van der Waals surface area (Å²) in [5.74, 6) is -2.63. The first-order valence-corrected chi connectivity index (χ1v) is 7.31. The smallest absolute Gasteiger partial charge is 0.338 e. The molecule has 1 fully saturated rings. The van der Waals surface area contributed by atoms with Gasteiger partial charge in [0.05, 0.1) is 11.5 Å². The first-order valence-electron chi connectivity index (χ1n) is 6.51.